The molecule has 98 valence electrons. The van der Waals surface area contributed by atoms with Gasteiger partial charge in [0.2, 0.25) is 0 Å². The molecule has 0 aromatic heterocycles. The Morgan fingerprint density at radius 3 is 2.28 bits per heavy atom. The van der Waals surface area contributed by atoms with Crippen LogP contribution in [0.25, 0.3) is 0 Å². The van der Waals surface area contributed by atoms with Gasteiger partial charge in [0.25, 0.3) is 0 Å². The van der Waals surface area contributed by atoms with Gasteiger partial charge in [0.05, 0.1) is 5.56 Å². The van der Waals surface area contributed by atoms with Crippen molar-refractivity contribution in [1.29, 1.82) is 0 Å². The molecule has 1 aromatic carbocycles. The number of aryl methyl sites for hydroxylation is 1. The molecule has 18 heavy (non-hydrogen) atoms. The average molecular weight is 250 g/mol. The molecule has 0 saturated heterocycles. The van der Waals surface area contributed by atoms with Crippen LogP contribution in [0.5, 0.6) is 5.75 Å². The van der Waals surface area contributed by atoms with E-state index < -0.39 is 11.8 Å². The maximum absolute atomic E-state index is 11.5. The van der Waals surface area contributed by atoms with E-state index in [1.165, 1.54) is 6.92 Å². The lowest BCUT2D eigenvalue weighted by molar-refractivity contribution is 0.0205. The molecule has 0 atom stereocenters. The summed E-state index contributed by atoms with van der Waals surface area (Å²) in [4.78, 5) is 23.0. The lowest BCUT2D eigenvalue weighted by atomic mass is 10.1. The van der Waals surface area contributed by atoms with E-state index in [0.717, 1.165) is 5.56 Å². The third-order valence-corrected chi connectivity index (χ3v) is 2.10. The molecular weight excluding hydrogens is 232 g/mol. The Hall–Kier alpha value is -1.84. The van der Waals surface area contributed by atoms with E-state index in [-0.39, 0.29) is 11.5 Å². The maximum Gasteiger partial charge on any atom is 0.514 e. The lowest BCUT2D eigenvalue weighted by Crippen LogP contribution is -2.26. The van der Waals surface area contributed by atoms with Crippen molar-refractivity contribution in [3.63, 3.8) is 0 Å². The van der Waals surface area contributed by atoms with E-state index >= 15 is 0 Å². The number of carbonyl (C=O) groups excluding carboxylic acids is 2. The molecule has 1 rings (SSSR count). The van der Waals surface area contributed by atoms with Crippen molar-refractivity contribution in [3.8, 4) is 5.75 Å². The van der Waals surface area contributed by atoms with Crippen LogP contribution in [0.3, 0.4) is 0 Å². The number of Topliss-reactive ketones (excluding diaryl/α,β-unsaturated/α-hetero) is 1. The second-order valence-corrected chi connectivity index (χ2v) is 5.12. The van der Waals surface area contributed by atoms with E-state index in [1.54, 1.807) is 39.0 Å². The summed E-state index contributed by atoms with van der Waals surface area (Å²) in [5.41, 5.74) is 0.677. The third kappa shape index (κ3) is 4.20. The third-order valence-electron chi connectivity index (χ3n) is 2.10. The maximum atomic E-state index is 11.5. The van der Waals surface area contributed by atoms with Gasteiger partial charge in [-0.25, -0.2) is 4.79 Å². The highest BCUT2D eigenvalue weighted by atomic mass is 16.7. The fourth-order valence-electron chi connectivity index (χ4n) is 1.37. The van der Waals surface area contributed by atoms with Gasteiger partial charge in [0.15, 0.2) is 5.78 Å². The van der Waals surface area contributed by atoms with Crippen molar-refractivity contribution in [1.82, 2.24) is 0 Å². The first-order valence-electron chi connectivity index (χ1n) is 5.71. The molecular formula is C14H18O4. The van der Waals surface area contributed by atoms with Gasteiger partial charge < -0.3 is 9.47 Å². The number of hydrogen-bond acceptors (Lipinski definition) is 4. The second kappa shape index (κ2) is 5.21. The van der Waals surface area contributed by atoms with E-state index in [0.29, 0.717) is 5.56 Å². The van der Waals surface area contributed by atoms with Gasteiger partial charge >= 0.3 is 6.16 Å². The van der Waals surface area contributed by atoms with Crippen LogP contribution < -0.4 is 4.74 Å². The Morgan fingerprint density at radius 1 is 1.17 bits per heavy atom. The van der Waals surface area contributed by atoms with Crippen LogP contribution in [-0.2, 0) is 4.74 Å². The molecule has 0 amide bonds. The fraction of sp³-hybridized carbons (Fsp3) is 0.429. The lowest BCUT2D eigenvalue weighted by Gasteiger charge is -2.19. The molecule has 0 aliphatic rings. The number of ether oxygens (including phenoxy) is 2. The topological polar surface area (TPSA) is 52.6 Å². The van der Waals surface area contributed by atoms with Crippen molar-refractivity contribution in [2.45, 2.75) is 40.2 Å². The molecule has 0 heterocycles. The van der Waals surface area contributed by atoms with Gasteiger partial charge in [0, 0.05) is 0 Å². The summed E-state index contributed by atoms with van der Waals surface area (Å²) < 4.78 is 10.1. The monoisotopic (exact) mass is 250 g/mol. The van der Waals surface area contributed by atoms with E-state index in [1.807, 2.05) is 6.92 Å². The normalized spacial score (nSPS) is 10.9. The van der Waals surface area contributed by atoms with Gasteiger partial charge in [0.1, 0.15) is 11.4 Å². The molecule has 0 aliphatic heterocycles. The van der Waals surface area contributed by atoms with Gasteiger partial charge in [-0.05, 0) is 46.8 Å². The number of rotatable bonds is 2. The van der Waals surface area contributed by atoms with Crippen molar-refractivity contribution in [3.05, 3.63) is 29.3 Å². The minimum Gasteiger partial charge on any atom is -0.428 e. The van der Waals surface area contributed by atoms with Crippen LogP contribution in [0.2, 0.25) is 0 Å². The van der Waals surface area contributed by atoms with Crippen LogP contribution in [-0.4, -0.2) is 17.5 Å². The highest BCUT2D eigenvalue weighted by molar-refractivity contribution is 5.97. The van der Waals surface area contributed by atoms with Crippen molar-refractivity contribution in [2.75, 3.05) is 0 Å². The summed E-state index contributed by atoms with van der Waals surface area (Å²) >= 11 is 0. The van der Waals surface area contributed by atoms with Gasteiger partial charge in [-0.1, -0.05) is 11.6 Å². The quantitative estimate of drug-likeness (QED) is 0.458. The minimum atomic E-state index is -0.811. The van der Waals surface area contributed by atoms with Crippen LogP contribution >= 0.6 is 0 Å². The zero-order valence-corrected chi connectivity index (χ0v) is 11.4. The summed E-state index contributed by atoms with van der Waals surface area (Å²) in [7, 11) is 0. The molecule has 0 bridgehead atoms. The molecule has 0 saturated carbocycles. The zero-order chi connectivity index (χ0) is 13.9. The molecule has 0 N–H and O–H groups in total. The highest BCUT2D eigenvalue weighted by Crippen LogP contribution is 2.22. The van der Waals surface area contributed by atoms with Crippen molar-refractivity contribution >= 4 is 11.9 Å². The predicted octanol–water partition coefficient (Wildman–Crippen LogP) is 3.51. The standard InChI is InChI=1S/C14H18O4/c1-9-6-7-12(11(8-9)10(2)15)17-13(16)18-14(3,4)5/h6-8H,1-5H3. The van der Waals surface area contributed by atoms with Crippen molar-refractivity contribution in [2.24, 2.45) is 0 Å². The molecule has 0 spiro atoms. The van der Waals surface area contributed by atoms with Crippen LogP contribution in [0.15, 0.2) is 18.2 Å². The molecule has 0 radical (unpaired) electrons. The summed E-state index contributed by atoms with van der Waals surface area (Å²) in [5.74, 6) is 0.0691. The molecule has 0 unspecified atom stereocenters. The van der Waals surface area contributed by atoms with Gasteiger partial charge in [-0.3, -0.25) is 4.79 Å². The van der Waals surface area contributed by atoms with E-state index in [4.69, 9.17) is 9.47 Å². The van der Waals surface area contributed by atoms with Crippen LogP contribution in [0.1, 0.15) is 43.6 Å². The van der Waals surface area contributed by atoms with Crippen LogP contribution in [0, 0.1) is 6.92 Å². The summed E-state index contributed by atoms with van der Waals surface area (Å²) in [6.07, 6.45) is -0.811. The molecule has 4 nitrogen and oxygen atoms in total. The fourth-order valence-corrected chi connectivity index (χ4v) is 1.37. The first-order chi connectivity index (χ1) is 8.19. The summed E-state index contributed by atoms with van der Waals surface area (Å²) in [6, 6.07) is 5.05. The Balaban J connectivity index is 2.91. The van der Waals surface area contributed by atoms with E-state index in [9.17, 15) is 9.59 Å². The number of hydrogen-bond donors (Lipinski definition) is 0. The second-order valence-electron chi connectivity index (χ2n) is 5.12. The Bertz CT molecular complexity index is 469. The van der Waals surface area contributed by atoms with Gasteiger partial charge in [-0.15, -0.1) is 0 Å². The Labute approximate surface area is 107 Å². The van der Waals surface area contributed by atoms with Crippen LogP contribution in [0.4, 0.5) is 4.79 Å². The number of benzene rings is 1. The first-order valence-corrected chi connectivity index (χ1v) is 5.71. The Morgan fingerprint density at radius 2 is 1.78 bits per heavy atom. The zero-order valence-electron chi connectivity index (χ0n) is 11.4. The SMILES string of the molecule is CC(=O)c1cc(C)ccc1OC(=O)OC(C)(C)C. The molecule has 1 aromatic rings. The summed E-state index contributed by atoms with van der Waals surface area (Å²) in [6.45, 7) is 8.53. The number of carbonyl (C=O) groups is 2. The minimum absolute atomic E-state index is 0.155. The van der Waals surface area contributed by atoms with Crippen molar-refractivity contribution < 1.29 is 19.1 Å². The molecule has 4 heteroatoms. The molecule has 0 fully saturated rings. The Kier molecular flexibility index (Phi) is 4.11. The highest BCUT2D eigenvalue weighted by Gasteiger charge is 2.20. The largest absolute Gasteiger partial charge is 0.514 e. The first kappa shape index (κ1) is 14.2. The molecule has 0 aliphatic carbocycles. The number of ketones is 1. The van der Waals surface area contributed by atoms with Gasteiger partial charge in [-0.2, -0.15) is 0 Å². The summed E-state index contributed by atoms with van der Waals surface area (Å²) in [5, 5.41) is 0. The van der Waals surface area contributed by atoms with E-state index in [2.05, 4.69) is 0 Å². The average Bonchev–Trinajstić information content (AvgIpc) is 2.17. The predicted molar refractivity (Wildman–Crippen MR) is 68.0 cm³/mol. The smallest absolute Gasteiger partial charge is 0.428 e.